The number of carbonyl (C=O) groups excluding carboxylic acids is 1. The van der Waals surface area contributed by atoms with Gasteiger partial charge in [0, 0.05) is 35.8 Å². The zero-order valence-electron chi connectivity index (χ0n) is 14.9. The maximum Gasteiger partial charge on any atom is 0.272 e. The van der Waals surface area contributed by atoms with E-state index in [1.54, 1.807) is 35.4 Å². The Labute approximate surface area is 152 Å². The first-order chi connectivity index (χ1) is 12.3. The normalized spacial score (nSPS) is 18.8. The molecule has 1 unspecified atom stereocenters. The number of aliphatic hydroxyl groups excluding tert-OH is 1. The van der Waals surface area contributed by atoms with Crippen LogP contribution in [0, 0.1) is 23.1 Å². The van der Waals surface area contributed by atoms with E-state index in [-0.39, 0.29) is 17.1 Å². The fraction of sp³-hybridized carbons (Fsp3) is 0.333. The van der Waals surface area contributed by atoms with Crippen molar-refractivity contribution in [3.63, 3.8) is 0 Å². The van der Waals surface area contributed by atoms with Crippen LogP contribution in [0.25, 0.3) is 0 Å². The number of aliphatic hydroxyl groups is 1. The van der Waals surface area contributed by atoms with Crippen LogP contribution >= 0.6 is 0 Å². The third kappa shape index (κ3) is 4.09. The van der Waals surface area contributed by atoms with Crippen molar-refractivity contribution in [2.24, 2.45) is 5.41 Å². The molecule has 134 valence electrons. The highest BCUT2D eigenvalue weighted by Gasteiger charge is 2.36. The molecular weight excluding hydrogens is 331 g/mol. The van der Waals surface area contributed by atoms with E-state index in [4.69, 9.17) is 0 Å². The Balaban J connectivity index is 1.70. The van der Waals surface area contributed by atoms with E-state index in [1.165, 1.54) is 12.1 Å². The average molecular weight is 352 g/mol. The van der Waals surface area contributed by atoms with Crippen molar-refractivity contribution in [1.29, 1.82) is 0 Å². The number of hydrogen-bond acceptors (Lipinski definition) is 3. The lowest BCUT2D eigenvalue weighted by Crippen LogP contribution is -2.50. The summed E-state index contributed by atoms with van der Waals surface area (Å²) >= 11 is 0. The second kappa shape index (κ2) is 7.27. The van der Waals surface area contributed by atoms with E-state index in [9.17, 15) is 14.3 Å². The number of aromatic nitrogens is 1. The van der Waals surface area contributed by atoms with Crippen molar-refractivity contribution >= 4 is 5.91 Å². The minimum Gasteiger partial charge on any atom is -0.392 e. The van der Waals surface area contributed by atoms with Crippen LogP contribution in [0.1, 0.15) is 41.9 Å². The molecule has 2 heterocycles. The summed E-state index contributed by atoms with van der Waals surface area (Å²) in [5.41, 5.74) is 1.43. The minimum atomic E-state index is -0.399. The smallest absolute Gasteiger partial charge is 0.272 e. The summed E-state index contributed by atoms with van der Waals surface area (Å²) < 4.78 is 12.9. The molecule has 3 rings (SSSR count). The van der Waals surface area contributed by atoms with E-state index >= 15 is 0 Å². The van der Waals surface area contributed by atoms with Gasteiger partial charge in [-0.25, -0.2) is 9.37 Å². The average Bonchev–Trinajstić information content (AvgIpc) is 2.63. The van der Waals surface area contributed by atoms with Gasteiger partial charge in [0.05, 0.1) is 6.10 Å². The van der Waals surface area contributed by atoms with Crippen LogP contribution in [0.2, 0.25) is 0 Å². The maximum absolute atomic E-state index is 12.9. The first-order valence-electron chi connectivity index (χ1n) is 8.56. The molecule has 0 aliphatic carbocycles. The Morgan fingerprint density at radius 2 is 1.85 bits per heavy atom. The number of pyridine rings is 1. The van der Waals surface area contributed by atoms with Gasteiger partial charge in [-0.1, -0.05) is 25.7 Å². The van der Waals surface area contributed by atoms with Crippen LogP contribution in [0.4, 0.5) is 4.39 Å². The zero-order valence-corrected chi connectivity index (χ0v) is 14.9. The molecular formula is C21H21FN2O2. The molecule has 1 aliphatic heterocycles. The molecule has 4 nitrogen and oxygen atoms in total. The molecule has 1 atom stereocenters. The van der Waals surface area contributed by atoms with Crippen molar-refractivity contribution in [3.8, 4) is 11.8 Å². The highest BCUT2D eigenvalue weighted by molar-refractivity contribution is 5.92. The van der Waals surface area contributed by atoms with Crippen LogP contribution in [-0.2, 0) is 0 Å². The fourth-order valence-corrected chi connectivity index (χ4v) is 2.95. The van der Waals surface area contributed by atoms with Crippen molar-refractivity contribution in [2.75, 3.05) is 13.1 Å². The van der Waals surface area contributed by atoms with Crippen molar-refractivity contribution in [2.45, 2.75) is 26.4 Å². The summed E-state index contributed by atoms with van der Waals surface area (Å²) in [5.74, 6) is 5.45. The van der Waals surface area contributed by atoms with Crippen molar-refractivity contribution < 1.29 is 14.3 Å². The Morgan fingerprint density at radius 1 is 1.19 bits per heavy atom. The van der Waals surface area contributed by atoms with Crippen LogP contribution in [0.3, 0.4) is 0 Å². The number of hydrogen-bond donors (Lipinski definition) is 1. The van der Waals surface area contributed by atoms with Crippen LogP contribution < -0.4 is 0 Å². The summed E-state index contributed by atoms with van der Waals surface area (Å²) in [6, 6.07) is 9.36. The lowest BCUT2D eigenvalue weighted by atomic mass is 9.81. The largest absolute Gasteiger partial charge is 0.392 e. The number of benzene rings is 1. The van der Waals surface area contributed by atoms with Crippen LogP contribution in [0.15, 0.2) is 42.6 Å². The van der Waals surface area contributed by atoms with Crippen LogP contribution in [0.5, 0.6) is 0 Å². The van der Waals surface area contributed by atoms with E-state index in [2.05, 4.69) is 16.8 Å². The Morgan fingerprint density at radius 3 is 2.46 bits per heavy atom. The number of piperidine rings is 1. The molecule has 0 bridgehead atoms. The second-order valence-electron chi connectivity index (χ2n) is 7.21. The van der Waals surface area contributed by atoms with E-state index in [0.717, 1.165) is 0 Å². The SMILES string of the molecule is CC1(C)CN(C(=O)c2ccc(C#Cc3ccc(F)cc3)cn2)CCC1O. The number of halogens is 1. The van der Waals surface area contributed by atoms with Gasteiger partial charge in [-0.2, -0.15) is 0 Å². The fourth-order valence-electron chi connectivity index (χ4n) is 2.95. The highest BCUT2D eigenvalue weighted by Crippen LogP contribution is 2.29. The number of carbonyl (C=O) groups is 1. The summed E-state index contributed by atoms with van der Waals surface area (Å²) in [6.45, 7) is 4.94. The highest BCUT2D eigenvalue weighted by atomic mass is 19.1. The van der Waals surface area contributed by atoms with E-state index in [0.29, 0.717) is 36.3 Å². The summed E-state index contributed by atoms with van der Waals surface area (Å²) in [5, 5.41) is 10.0. The Bertz CT molecular complexity index is 848. The molecule has 1 aromatic carbocycles. The van der Waals surface area contributed by atoms with Gasteiger partial charge < -0.3 is 10.0 Å². The van der Waals surface area contributed by atoms with Gasteiger partial charge in [0.2, 0.25) is 0 Å². The monoisotopic (exact) mass is 352 g/mol. The first kappa shape index (κ1) is 18.1. The quantitative estimate of drug-likeness (QED) is 0.803. The predicted molar refractivity (Wildman–Crippen MR) is 96.9 cm³/mol. The number of likely N-dealkylation sites (tertiary alicyclic amines) is 1. The number of rotatable bonds is 1. The summed E-state index contributed by atoms with van der Waals surface area (Å²) in [4.78, 5) is 18.6. The second-order valence-corrected chi connectivity index (χ2v) is 7.21. The van der Waals surface area contributed by atoms with Gasteiger partial charge in [0.15, 0.2) is 0 Å². The molecule has 5 heteroatoms. The summed E-state index contributed by atoms with van der Waals surface area (Å²) in [6.07, 6.45) is 1.73. The molecule has 1 N–H and O–H groups in total. The molecule has 1 aliphatic rings. The van der Waals surface area contributed by atoms with Gasteiger partial charge >= 0.3 is 0 Å². The molecule has 1 aromatic heterocycles. The predicted octanol–water partition coefficient (Wildman–Crippen LogP) is 2.85. The van der Waals surface area contributed by atoms with Crippen molar-refractivity contribution in [3.05, 3.63) is 65.2 Å². The molecule has 2 aromatic rings. The third-order valence-corrected chi connectivity index (χ3v) is 4.64. The molecule has 1 fully saturated rings. The molecule has 26 heavy (non-hydrogen) atoms. The third-order valence-electron chi connectivity index (χ3n) is 4.64. The van der Waals surface area contributed by atoms with Crippen molar-refractivity contribution in [1.82, 2.24) is 9.88 Å². The van der Waals surface area contributed by atoms with E-state index in [1.807, 2.05) is 13.8 Å². The molecule has 1 amide bonds. The van der Waals surface area contributed by atoms with Gasteiger partial charge in [-0.3, -0.25) is 4.79 Å². The maximum atomic E-state index is 12.9. The first-order valence-corrected chi connectivity index (χ1v) is 8.56. The molecule has 0 saturated carbocycles. The van der Waals surface area contributed by atoms with Gasteiger partial charge in [0.1, 0.15) is 11.5 Å². The van der Waals surface area contributed by atoms with Gasteiger partial charge in [-0.15, -0.1) is 0 Å². The van der Waals surface area contributed by atoms with Crippen LogP contribution in [-0.4, -0.2) is 40.1 Å². The van der Waals surface area contributed by atoms with Gasteiger partial charge in [-0.05, 0) is 42.8 Å². The standard InChI is InChI=1S/C21H21FN2O2/c1-21(2)14-24(12-11-19(21)25)20(26)18-10-7-16(13-23-18)4-3-15-5-8-17(22)9-6-15/h5-10,13,19,25H,11-12,14H2,1-2H3. The zero-order chi connectivity index (χ0) is 18.7. The Kier molecular flexibility index (Phi) is 5.06. The lowest BCUT2D eigenvalue weighted by molar-refractivity contribution is -0.0184. The lowest BCUT2D eigenvalue weighted by Gasteiger charge is -2.41. The summed E-state index contributed by atoms with van der Waals surface area (Å²) in [7, 11) is 0. The molecule has 0 radical (unpaired) electrons. The Hall–Kier alpha value is -2.71. The van der Waals surface area contributed by atoms with E-state index < -0.39 is 6.10 Å². The minimum absolute atomic E-state index is 0.136. The van der Waals surface area contributed by atoms with Gasteiger partial charge in [0.25, 0.3) is 5.91 Å². The topological polar surface area (TPSA) is 53.4 Å². The number of amides is 1. The number of nitrogens with zero attached hydrogens (tertiary/aromatic N) is 2. The molecule has 0 spiro atoms. The molecule has 1 saturated heterocycles.